The van der Waals surface area contributed by atoms with Crippen LogP contribution in [0.1, 0.15) is 32.3 Å². The molecule has 1 heterocycles. The van der Waals surface area contributed by atoms with E-state index in [1.807, 2.05) is 11.8 Å². The van der Waals surface area contributed by atoms with E-state index in [9.17, 15) is 0 Å². The third kappa shape index (κ3) is 4.70. The van der Waals surface area contributed by atoms with Crippen LogP contribution in [0.2, 0.25) is 0 Å². The molecule has 0 saturated heterocycles. The van der Waals surface area contributed by atoms with Crippen LogP contribution in [-0.4, -0.2) is 24.2 Å². The third-order valence-corrected chi connectivity index (χ3v) is 5.26. The zero-order chi connectivity index (χ0) is 13.7. The number of alkyl halides is 1. The first kappa shape index (κ1) is 15.2. The van der Waals surface area contributed by atoms with Crippen LogP contribution >= 0.6 is 23.4 Å². The monoisotopic (exact) mass is 297 g/mol. The Kier molecular flexibility index (Phi) is 5.61. The van der Waals surface area contributed by atoms with Crippen LogP contribution in [0.3, 0.4) is 0 Å². The number of hydrogen-bond acceptors (Lipinski definition) is 2. The summed E-state index contributed by atoms with van der Waals surface area (Å²) in [6.07, 6.45) is 3.51. The minimum absolute atomic E-state index is 0.352. The molecule has 106 valence electrons. The predicted molar refractivity (Wildman–Crippen MR) is 86.4 cm³/mol. The largest absolute Gasteiger partial charge is 0.315 e. The molecule has 1 N–H and O–H groups in total. The molecule has 19 heavy (non-hydrogen) atoms. The lowest BCUT2D eigenvalue weighted by molar-refractivity contribution is 0.312. The van der Waals surface area contributed by atoms with E-state index in [1.54, 1.807) is 0 Å². The van der Waals surface area contributed by atoms with Gasteiger partial charge in [0.15, 0.2) is 0 Å². The Balaban J connectivity index is 1.71. The van der Waals surface area contributed by atoms with Crippen LogP contribution in [0.5, 0.6) is 0 Å². The second-order valence-electron chi connectivity index (χ2n) is 6.14. The van der Waals surface area contributed by atoms with Gasteiger partial charge in [-0.25, -0.2) is 0 Å². The summed E-state index contributed by atoms with van der Waals surface area (Å²) >= 11 is 7.79. The van der Waals surface area contributed by atoms with Crippen molar-refractivity contribution in [3.05, 3.63) is 29.8 Å². The van der Waals surface area contributed by atoms with Crippen molar-refractivity contribution < 1.29 is 0 Å². The lowest BCUT2D eigenvalue weighted by Gasteiger charge is -2.25. The summed E-state index contributed by atoms with van der Waals surface area (Å²) in [7, 11) is 0. The lowest BCUT2D eigenvalue weighted by Crippen LogP contribution is -2.33. The number of rotatable bonds is 7. The van der Waals surface area contributed by atoms with E-state index in [0.29, 0.717) is 10.7 Å². The molecule has 1 nitrogen and oxygen atoms in total. The molecular formula is C16H24ClNS. The highest BCUT2D eigenvalue weighted by Crippen LogP contribution is 2.36. The van der Waals surface area contributed by atoms with E-state index < -0.39 is 0 Å². The fourth-order valence-corrected chi connectivity index (χ4v) is 3.99. The molecule has 1 atom stereocenters. The number of halogens is 1. The highest BCUT2D eigenvalue weighted by Gasteiger charge is 2.22. The van der Waals surface area contributed by atoms with Gasteiger partial charge in [0, 0.05) is 29.1 Å². The van der Waals surface area contributed by atoms with E-state index in [0.717, 1.165) is 25.4 Å². The Hall–Kier alpha value is -0.180. The maximum atomic E-state index is 5.77. The summed E-state index contributed by atoms with van der Waals surface area (Å²) in [5.74, 6) is 0.775. The van der Waals surface area contributed by atoms with Crippen molar-refractivity contribution in [2.24, 2.45) is 5.41 Å². The maximum absolute atomic E-state index is 5.77. The second kappa shape index (κ2) is 7.01. The van der Waals surface area contributed by atoms with Crippen LogP contribution in [-0.2, 0) is 6.42 Å². The van der Waals surface area contributed by atoms with Gasteiger partial charge in [-0.15, -0.1) is 23.4 Å². The molecule has 0 aliphatic carbocycles. The van der Waals surface area contributed by atoms with E-state index >= 15 is 0 Å². The standard InChI is InChI=1S/C16H24ClNS/c1-16(2,8-5-9-17)12-18-11-14-10-13-6-3-4-7-15(13)19-14/h3-4,6-7,14,18H,5,8-12H2,1-2H3. The molecule has 0 saturated carbocycles. The summed E-state index contributed by atoms with van der Waals surface area (Å²) in [5.41, 5.74) is 1.87. The minimum Gasteiger partial charge on any atom is -0.315 e. The molecule has 1 aromatic carbocycles. The van der Waals surface area contributed by atoms with E-state index in [2.05, 4.69) is 43.4 Å². The highest BCUT2D eigenvalue weighted by molar-refractivity contribution is 8.00. The first-order chi connectivity index (χ1) is 9.11. The van der Waals surface area contributed by atoms with Gasteiger partial charge in [0.25, 0.3) is 0 Å². The summed E-state index contributed by atoms with van der Waals surface area (Å²) < 4.78 is 0. The van der Waals surface area contributed by atoms with Crippen LogP contribution < -0.4 is 5.32 Å². The van der Waals surface area contributed by atoms with Crippen molar-refractivity contribution in [2.45, 2.75) is 43.3 Å². The Labute approximate surface area is 126 Å². The Bertz CT molecular complexity index is 380. The van der Waals surface area contributed by atoms with Gasteiger partial charge in [-0.05, 0) is 36.3 Å². The van der Waals surface area contributed by atoms with Crippen molar-refractivity contribution in [2.75, 3.05) is 19.0 Å². The summed E-state index contributed by atoms with van der Waals surface area (Å²) in [4.78, 5) is 1.47. The van der Waals surface area contributed by atoms with Crippen LogP contribution in [0.25, 0.3) is 0 Å². The molecule has 0 radical (unpaired) electrons. The van der Waals surface area contributed by atoms with Gasteiger partial charge in [0.2, 0.25) is 0 Å². The van der Waals surface area contributed by atoms with E-state index in [1.165, 1.54) is 23.3 Å². The molecule has 1 aromatic rings. The van der Waals surface area contributed by atoms with Crippen molar-refractivity contribution in [1.82, 2.24) is 5.32 Å². The molecule has 0 fully saturated rings. The Morgan fingerprint density at radius 3 is 2.89 bits per heavy atom. The number of fused-ring (bicyclic) bond motifs is 1. The van der Waals surface area contributed by atoms with E-state index in [-0.39, 0.29) is 0 Å². The average molecular weight is 298 g/mol. The number of hydrogen-bond donors (Lipinski definition) is 1. The van der Waals surface area contributed by atoms with Crippen LogP contribution in [0.15, 0.2) is 29.2 Å². The molecule has 0 bridgehead atoms. The van der Waals surface area contributed by atoms with Crippen molar-refractivity contribution >= 4 is 23.4 Å². The molecule has 1 aliphatic heterocycles. The summed E-state index contributed by atoms with van der Waals surface area (Å²) in [6.45, 7) is 6.83. The molecule has 0 amide bonds. The Morgan fingerprint density at radius 1 is 1.37 bits per heavy atom. The molecule has 3 heteroatoms. The predicted octanol–water partition coefficient (Wildman–Crippen LogP) is 4.34. The number of benzene rings is 1. The normalized spacial score (nSPS) is 18.6. The fraction of sp³-hybridized carbons (Fsp3) is 0.625. The van der Waals surface area contributed by atoms with Gasteiger partial charge < -0.3 is 5.32 Å². The van der Waals surface area contributed by atoms with Crippen LogP contribution in [0, 0.1) is 5.41 Å². The zero-order valence-corrected chi connectivity index (χ0v) is 13.5. The maximum Gasteiger partial charge on any atom is 0.0260 e. The molecule has 0 spiro atoms. The van der Waals surface area contributed by atoms with Crippen LogP contribution in [0.4, 0.5) is 0 Å². The van der Waals surface area contributed by atoms with Crippen molar-refractivity contribution in [1.29, 1.82) is 0 Å². The zero-order valence-electron chi connectivity index (χ0n) is 11.9. The van der Waals surface area contributed by atoms with Crippen molar-refractivity contribution in [3.8, 4) is 0 Å². The smallest absolute Gasteiger partial charge is 0.0260 e. The SMILES string of the molecule is CC(C)(CCCCl)CNCC1Cc2ccccc2S1. The Morgan fingerprint density at radius 2 is 2.16 bits per heavy atom. The lowest BCUT2D eigenvalue weighted by atomic mass is 9.88. The first-order valence-electron chi connectivity index (χ1n) is 7.12. The summed E-state index contributed by atoms with van der Waals surface area (Å²) in [5, 5.41) is 4.34. The molecule has 0 aromatic heterocycles. The topological polar surface area (TPSA) is 12.0 Å². The van der Waals surface area contributed by atoms with Gasteiger partial charge in [-0.2, -0.15) is 0 Å². The van der Waals surface area contributed by atoms with Gasteiger partial charge in [0.1, 0.15) is 0 Å². The second-order valence-corrected chi connectivity index (χ2v) is 7.86. The first-order valence-corrected chi connectivity index (χ1v) is 8.53. The molecule has 1 unspecified atom stereocenters. The third-order valence-electron chi connectivity index (χ3n) is 3.68. The highest BCUT2D eigenvalue weighted by atomic mass is 35.5. The van der Waals surface area contributed by atoms with Gasteiger partial charge in [-0.1, -0.05) is 32.0 Å². The van der Waals surface area contributed by atoms with Crippen molar-refractivity contribution in [3.63, 3.8) is 0 Å². The van der Waals surface area contributed by atoms with Gasteiger partial charge in [-0.3, -0.25) is 0 Å². The summed E-state index contributed by atoms with van der Waals surface area (Å²) in [6, 6.07) is 8.78. The fourth-order valence-electron chi connectivity index (χ4n) is 2.57. The minimum atomic E-state index is 0.352. The molecule has 1 aliphatic rings. The van der Waals surface area contributed by atoms with E-state index in [4.69, 9.17) is 11.6 Å². The quantitative estimate of drug-likeness (QED) is 0.752. The number of thioether (sulfide) groups is 1. The molecule has 2 rings (SSSR count). The average Bonchev–Trinajstić information content (AvgIpc) is 2.78. The van der Waals surface area contributed by atoms with Gasteiger partial charge in [0.05, 0.1) is 0 Å². The van der Waals surface area contributed by atoms with Gasteiger partial charge >= 0.3 is 0 Å². The molecular weight excluding hydrogens is 274 g/mol. The number of nitrogens with one attached hydrogen (secondary N) is 1.